The molecule has 1 aromatic carbocycles. The standard InChI is InChI=1S/C17H10F6O3/c1-2-14(25)26-15(5-3-13(24)4-6-15)10-7-11(16(18,19)20)9-12(8-10)17(21,22)23/h2-9H,1H2. The highest BCUT2D eigenvalue weighted by Crippen LogP contribution is 2.41. The molecule has 9 heteroatoms. The maximum absolute atomic E-state index is 13.0. The summed E-state index contributed by atoms with van der Waals surface area (Å²) in [6.07, 6.45) is -5.88. The molecule has 0 aliphatic heterocycles. The summed E-state index contributed by atoms with van der Waals surface area (Å²) in [6.45, 7) is 3.13. The van der Waals surface area contributed by atoms with Crippen molar-refractivity contribution in [1.29, 1.82) is 0 Å². The van der Waals surface area contributed by atoms with E-state index in [1.165, 1.54) is 0 Å². The lowest BCUT2D eigenvalue weighted by Gasteiger charge is -2.30. The Balaban J connectivity index is 2.73. The van der Waals surface area contributed by atoms with Gasteiger partial charge in [-0.3, -0.25) is 4.79 Å². The summed E-state index contributed by atoms with van der Waals surface area (Å²) in [7, 11) is 0. The number of rotatable bonds is 3. The second-order valence-corrected chi connectivity index (χ2v) is 5.28. The fourth-order valence-corrected chi connectivity index (χ4v) is 2.23. The molecule has 0 saturated heterocycles. The molecule has 2 rings (SSSR count). The van der Waals surface area contributed by atoms with Gasteiger partial charge in [0.1, 0.15) is 0 Å². The zero-order valence-corrected chi connectivity index (χ0v) is 12.8. The molecule has 0 spiro atoms. The van der Waals surface area contributed by atoms with Gasteiger partial charge in [-0.05, 0) is 42.5 Å². The Morgan fingerprint density at radius 2 is 1.42 bits per heavy atom. The molecule has 0 radical (unpaired) electrons. The summed E-state index contributed by atoms with van der Waals surface area (Å²) in [4.78, 5) is 22.9. The molecule has 0 unspecified atom stereocenters. The predicted molar refractivity (Wildman–Crippen MR) is 77.7 cm³/mol. The highest BCUT2D eigenvalue weighted by molar-refractivity contribution is 6.00. The Morgan fingerprint density at radius 1 is 0.962 bits per heavy atom. The van der Waals surface area contributed by atoms with Crippen LogP contribution in [-0.4, -0.2) is 11.8 Å². The maximum Gasteiger partial charge on any atom is 0.416 e. The van der Waals surface area contributed by atoms with Gasteiger partial charge in [0.15, 0.2) is 11.4 Å². The van der Waals surface area contributed by atoms with E-state index in [4.69, 9.17) is 4.74 Å². The van der Waals surface area contributed by atoms with E-state index in [9.17, 15) is 35.9 Å². The Morgan fingerprint density at radius 3 is 1.81 bits per heavy atom. The smallest absolute Gasteiger partial charge is 0.416 e. The molecular weight excluding hydrogens is 366 g/mol. The van der Waals surface area contributed by atoms with Crippen LogP contribution >= 0.6 is 0 Å². The predicted octanol–water partition coefficient (Wildman–Crippen LogP) is 4.34. The summed E-state index contributed by atoms with van der Waals surface area (Å²) >= 11 is 0. The molecular formula is C17H10F6O3. The summed E-state index contributed by atoms with van der Waals surface area (Å²) in [5.74, 6) is -1.67. The number of hydrogen-bond donors (Lipinski definition) is 0. The van der Waals surface area contributed by atoms with Gasteiger partial charge in [-0.15, -0.1) is 0 Å². The van der Waals surface area contributed by atoms with Crippen LogP contribution in [0.3, 0.4) is 0 Å². The van der Waals surface area contributed by atoms with Crippen LogP contribution in [0.1, 0.15) is 16.7 Å². The number of esters is 1. The lowest BCUT2D eigenvalue weighted by molar-refractivity contribution is -0.146. The molecule has 3 nitrogen and oxygen atoms in total. The zero-order valence-electron chi connectivity index (χ0n) is 12.8. The van der Waals surface area contributed by atoms with Crippen molar-refractivity contribution < 1.29 is 40.7 Å². The normalized spacial score (nSPS) is 16.5. The summed E-state index contributed by atoms with van der Waals surface area (Å²) in [6, 6.07) is 0.806. The second kappa shape index (κ2) is 6.47. The van der Waals surface area contributed by atoms with Crippen LogP contribution in [0.4, 0.5) is 26.3 Å². The van der Waals surface area contributed by atoms with Crippen molar-refractivity contribution in [2.45, 2.75) is 18.0 Å². The molecule has 1 aliphatic rings. The first-order valence-electron chi connectivity index (χ1n) is 6.95. The quantitative estimate of drug-likeness (QED) is 0.448. The average Bonchev–Trinajstić information content (AvgIpc) is 2.55. The van der Waals surface area contributed by atoms with Gasteiger partial charge in [0.05, 0.1) is 11.1 Å². The minimum Gasteiger partial charge on any atom is -0.442 e. The van der Waals surface area contributed by atoms with E-state index < -0.39 is 46.4 Å². The van der Waals surface area contributed by atoms with Crippen molar-refractivity contribution in [3.05, 3.63) is 71.8 Å². The number of ketones is 1. The highest BCUT2D eigenvalue weighted by atomic mass is 19.4. The molecule has 0 atom stereocenters. The van der Waals surface area contributed by atoms with E-state index in [-0.39, 0.29) is 6.07 Å². The van der Waals surface area contributed by atoms with Crippen molar-refractivity contribution in [2.75, 3.05) is 0 Å². The van der Waals surface area contributed by atoms with Gasteiger partial charge < -0.3 is 4.74 Å². The van der Waals surface area contributed by atoms with Gasteiger partial charge in [0.25, 0.3) is 0 Å². The monoisotopic (exact) mass is 376 g/mol. The van der Waals surface area contributed by atoms with E-state index >= 15 is 0 Å². The van der Waals surface area contributed by atoms with Crippen LogP contribution in [0.2, 0.25) is 0 Å². The molecule has 0 amide bonds. The summed E-state index contributed by atoms with van der Waals surface area (Å²) in [5.41, 5.74) is -5.87. The van der Waals surface area contributed by atoms with Gasteiger partial charge in [-0.25, -0.2) is 4.79 Å². The summed E-state index contributed by atoms with van der Waals surface area (Å²) < 4.78 is 83.2. The van der Waals surface area contributed by atoms with E-state index in [1.807, 2.05) is 0 Å². The first-order valence-corrected chi connectivity index (χ1v) is 6.95. The molecule has 26 heavy (non-hydrogen) atoms. The van der Waals surface area contributed by atoms with Gasteiger partial charge in [-0.1, -0.05) is 6.58 Å². The summed E-state index contributed by atoms with van der Waals surface area (Å²) in [5, 5.41) is 0. The number of carbonyl (C=O) groups is 2. The van der Waals surface area contributed by atoms with Crippen molar-refractivity contribution >= 4 is 11.8 Å². The molecule has 0 N–H and O–H groups in total. The van der Waals surface area contributed by atoms with E-state index in [0.29, 0.717) is 18.2 Å². The molecule has 1 aromatic rings. The number of allylic oxidation sites excluding steroid dienone is 2. The second-order valence-electron chi connectivity index (χ2n) is 5.28. The number of alkyl halides is 6. The largest absolute Gasteiger partial charge is 0.442 e. The number of halogens is 6. The Kier molecular flexibility index (Phi) is 4.85. The van der Waals surface area contributed by atoms with Gasteiger partial charge in [0.2, 0.25) is 0 Å². The molecule has 0 aromatic heterocycles. The molecule has 0 bridgehead atoms. The molecule has 138 valence electrons. The van der Waals surface area contributed by atoms with Gasteiger partial charge in [-0.2, -0.15) is 26.3 Å². The lowest BCUT2D eigenvalue weighted by Crippen LogP contribution is -2.31. The van der Waals surface area contributed by atoms with Crippen molar-refractivity contribution in [1.82, 2.24) is 0 Å². The Labute approximate surface area is 143 Å². The molecule has 0 heterocycles. The van der Waals surface area contributed by atoms with E-state index in [0.717, 1.165) is 24.3 Å². The average molecular weight is 376 g/mol. The van der Waals surface area contributed by atoms with Gasteiger partial charge in [0, 0.05) is 11.6 Å². The fourth-order valence-electron chi connectivity index (χ4n) is 2.23. The van der Waals surface area contributed by atoms with Crippen molar-refractivity contribution in [3.8, 4) is 0 Å². The van der Waals surface area contributed by atoms with E-state index in [2.05, 4.69) is 6.58 Å². The third kappa shape index (κ3) is 4.04. The first kappa shape index (κ1) is 19.5. The van der Waals surface area contributed by atoms with Crippen molar-refractivity contribution in [2.24, 2.45) is 0 Å². The van der Waals surface area contributed by atoms with Crippen LogP contribution in [0.25, 0.3) is 0 Å². The first-order chi connectivity index (χ1) is 11.9. The topological polar surface area (TPSA) is 43.4 Å². The molecule has 1 aliphatic carbocycles. The zero-order chi connectivity index (χ0) is 19.8. The fraction of sp³-hybridized carbons (Fsp3) is 0.176. The van der Waals surface area contributed by atoms with Crippen LogP contribution in [0, 0.1) is 0 Å². The minimum atomic E-state index is -5.07. The molecule has 0 saturated carbocycles. The number of hydrogen-bond acceptors (Lipinski definition) is 3. The Hall–Kier alpha value is -2.84. The number of benzene rings is 1. The third-order valence-electron chi connectivity index (χ3n) is 3.47. The van der Waals surface area contributed by atoms with E-state index in [1.54, 1.807) is 0 Å². The van der Waals surface area contributed by atoms with Crippen LogP contribution < -0.4 is 0 Å². The van der Waals surface area contributed by atoms with Crippen LogP contribution in [0.15, 0.2) is 55.2 Å². The highest BCUT2D eigenvalue weighted by Gasteiger charge is 2.41. The third-order valence-corrected chi connectivity index (χ3v) is 3.47. The lowest BCUT2D eigenvalue weighted by atomic mass is 9.86. The Bertz CT molecular complexity index is 767. The van der Waals surface area contributed by atoms with Gasteiger partial charge >= 0.3 is 18.3 Å². The van der Waals surface area contributed by atoms with Crippen molar-refractivity contribution in [3.63, 3.8) is 0 Å². The number of ether oxygens (including phenoxy) is 1. The maximum atomic E-state index is 13.0. The minimum absolute atomic E-state index is 0.0477. The van der Waals surface area contributed by atoms with Crippen LogP contribution in [0.5, 0.6) is 0 Å². The number of carbonyl (C=O) groups excluding carboxylic acids is 2. The SMILES string of the molecule is C=CC(=O)OC1(c2cc(C(F)(F)F)cc(C(F)(F)F)c2)C=CC(=O)C=C1. The molecule has 0 fully saturated rings. The van der Waals surface area contributed by atoms with Crippen LogP contribution in [-0.2, 0) is 32.3 Å².